The molecule has 0 bridgehead atoms. The maximum atomic E-state index is 13.1. The fraction of sp³-hybridized carbons (Fsp3) is 0.500. The van der Waals surface area contributed by atoms with Crippen LogP contribution in [0.15, 0.2) is 24.3 Å². The van der Waals surface area contributed by atoms with Crippen molar-refractivity contribution < 1.29 is 32.4 Å². The van der Waals surface area contributed by atoms with Crippen molar-refractivity contribution in [3.63, 3.8) is 0 Å². The van der Waals surface area contributed by atoms with Crippen LogP contribution in [-0.2, 0) is 27.0 Å². The molecule has 132 valence electrons. The fourth-order valence-electron chi connectivity index (χ4n) is 2.86. The Morgan fingerprint density at radius 1 is 1.38 bits per heavy atom. The van der Waals surface area contributed by atoms with E-state index in [4.69, 9.17) is 4.74 Å². The van der Waals surface area contributed by atoms with Crippen LogP contribution >= 0.6 is 0 Å². The minimum absolute atomic E-state index is 0.0210. The summed E-state index contributed by atoms with van der Waals surface area (Å²) in [4.78, 5) is 24.4. The third-order valence-corrected chi connectivity index (χ3v) is 3.97. The Kier molecular flexibility index (Phi) is 5.82. The Balaban J connectivity index is 2.20. The van der Waals surface area contributed by atoms with Crippen LogP contribution in [-0.4, -0.2) is 37.6 Å². The number of hydrogen-bond acceptors (Lipinski definition) is 3. The number of amides is 1. The largest absolute Gasteiger partial charge is 0.466 e. The van der Waals surface area contributed by atoms with Crippen LogP contribution in [0.25, 0.3) is 0 Å². The lowest BCUT2D eigenvalue weighted by atomic mass is 10.0. The average Bonchev–Trinajstić information content (AvgIpc) is 2.50. The van der Waals surface area contributed by atoms with E-state index in [9.17, 15) is 22.8 Å². The van der Waals surface area contributed by atoms with E-state index in [0.29, 0.717) is 18.0 Å². The number of quaternary nitrogens is 1. The first-order chi connectivity index (χ1) is 11.3. The Morgan fingerprint density at radius 2 is 2.08 bits per heavy atom. The molecule has 1 heterocycles. The summed E-state index contributed by atoms with van der Waals surface area (Å²) in [6, 6.07) is 4.55. The van der Waals surface area contributed by atoms with Gasteiger partial charge in [-0.25, -0.2) is 0 Å². The highest BCUT2D eigenvalue weighted by molar-refractivity contribution is 5.85. The first kappa shape index (κ1) is 18.3. The Hall–Kier alpha value is -2.09. The van der Waals surface area contributed by atoms with E-state index in [2.05, 4.69) is 5.32 Å². The van der Waals surface area contributed by atoms with Gasteiger partial charge in [-0.2, -0.15) is 13.2 Å². The third-order valence-electron chi connectivity index (χ3n) is 3.97. The average molecular weight is 345 g/mol. The van der Waals surface area contributed by atoms with Crippen molar-refractivity contribution in [3.05, 3.63) is 35.4 Å². The maximum absolute atomic E-state index is 13.1. The molecule has 0 saturated carbocycles. The molecule has 2 N–H and O–H groups in total. The lowest BCUT2D eigenvalue weighted by molar-refractivity contribution is -0.930. The van der Waals surface area contributed by atoms with Crippen LogP contribution in [0, 0.1) is 0 Å². The number of hydrogen-bond donors (Lipinski definition) is 2. The Bertz CT molecular complexity index is 604. The van der Waals surface area contributed by atoms with Crippen molar-refractivity contribution in [2.75, 3.05) is 19.7 Å². The molecule has 2 rings (SSSR count). The normalized spacial score (nSPS) is 21.2. The number of benzene rings is 1. The second kappa shape index (κ2) is 7.65. The molecule has 0 aromatic heterocycles. The number of nitrogens with one attached hydrogen (secondary N) is 2. The summed E-state index contributed by atoms with van der Waals surface area (Å²) in [5, 5.41) is 2.65. The van der Waals surface area contributed by atoms with Crippen LogP contribution in [0.1, 0.15) is 24.5 Å². The van der Waals surface area contributed by atoms with Crippen molar-refractivity contribution >= 4 is 11.9 Å². The molecule has 8 heteroatoms. The van der Waals surface area contributed by atoms with Crippen LogP contribution < -0.4 is 10.2 Å². The number of ether oxygens (including phenoxy) is 1. The van der Waals surface area contributed by atoms with Gasteiger partial charge in [-0.3, -0.25) is 9.59 Å². The molecule has 1 aliphatic heterocycles. The number of halogens is 3. The molecule has 1 aromatic carbocycles. The summed E-state index contributed by atoms with van der Waals surface area (Å²) < 4.78 is 44.2. The van der Waals surface area contributed by atoms with E-state index in [0.717, 1.165) is 6.07 Å². The standard InChI is InChI=1S/C16H19F3N2O3/c1-2-24-14(22)9-13-15(23)20-7-8-21(13)10-11-5-3-4-6-12(11)16(17,18)19/h3-6,13H,2,7-10H2,1H3,(H,20,23)/p+1/t13-/m1/s1. The predicted octanol–water partition coefficient (Wildman–Crippen LogP) is 0.542. The molecule has 1 amide bonds. The summed E-state index contributed by atoms with van der Waals surface area (Å²) in [5.41, 5.74) is -0.595. The van der Waals surface area contributed by atoms with Gasteiger partial charge in [0.2, 0.25) is 0 Å². The zero-order chi connectivity index (χ0) is 17.7. The molecular weight excluding hydrogens is 325 g/mol. The highest BCUT2D eigenvalue weighted by Gasteiger charge is 2.38. The number of rotatable bonds is 5. The Labute approximate surface area is 137 Å². The van der Waals surface area contributed by atoms with E-state index in [1.807, 2.05) is 0 Å². The van der Waals surface area contributed by atoms with Gasteiger partial charge in [0, 0.05) is 5.56 Å². The molecule has 1 aromatic rings. The summed E-state index contributed by atoms with van der Waals surface area (Å²) in [5.74, 6) is -0.866. The van der Waals surface area contributed by atoms with E-state index in [-0.39, 0.29) is 31.0 Å². The Morgan fingerprint density at radius 3 is 2.75 bits per heavy atom. The maximum Gasteiger partial charge on any atom is 0.416 e. The summed E-state index contributed by atoms with van der Waals surface area (Å²) in [6.07, 6.45) is -4.60. The number of alkyl halides is 3. The van der Waals surface area contributed by atoms with Gasteiger partial charge in [-0.1, -0.05) is 18.2 Å². The number of piperazine rings is 1. The van der Waals surface area contributed by atoms with Crippen LogP contribution in [0.5, 0.6) is 0 Å². The van der Waals surface area contributed by atoms with Crippen LogP contribution in [0.4, 0.5) is 13.2 Å². The second-order valence-electron chi connectivity index (χ2n) is 5.59. The quantitative estimate of drug-likeness (QED) is 0.766. The van der Waals surface area contributed by atoms with Gasteiger partial charge in [0.1, 0.15) is 13.0 Å². The first-order valence-electron chi connectivity index (χ1n) is 7.76. The lowest BCUT2D eigenvalue weighted by Crippen LogP contribution is -3.18. The van der Waals surface area contributed by atoms with Gasteiger partial charge in [0.25, 0.3) is 5.91 Å². The van der Waals surface area contributed by atoms with Crippen molar-refractivity contribution in [2.45, 2.75) is 32.1 Å². The molecule has 1 saturated heterocycles. The highest BCUT2D eigenvalue weighted by Crippen LogP contribution is 2.31. The van der Waals surface area contributed by atoms with Crippen molar-refractivity contribution in [1.29, 1.82) is 0 Å². The molecule has 1 fully saturated rings. The summed E-state index contributed by atoms with van der Waals surface area (Å²) >= 11 is 0. The van der Waals surface area contributed by atoms with E-state index < -0.39 is 23.8 Å². The zero-order valence-corrected chi connectivity index (χ0v) is 13.3. The predicted molar refractivity (Wildman–Crippen MR) is 79.0 cm³/mol. The minimum Gasteiger partial charge on any atom is -0.466 e. The SMILES string of the molecule is CCOC(=O)C[C@@H]1C(=O)NCC[NH+]1Cc1ccccc1C(F)(F)F. The topological polar surface area (TPSA) is 59.8 Å². The highest BCUT2D eigenvalue weighted by atomic mass is 19.4. The summed E-state index contributed by atoms with van der Waals surface area (Å²) in [6.45, 7) is 2.68. The van der Waals surface area contributed by atoms with Crippen molar-refractivity contribution in [2.24, 2.45) is 0 Å². The van der Waals surface area contributed by atoms with E-state index in [1.165, 1.54) is 18.2 Å². The molecule has 2 atom stereocenters. The molecule has 0 spiro atoms. The van der Waals surface area contributed by atoms with Crippen LogP contribution in [0.3, 0.4) is 0 Å². The molecule has 0 radical (unpaired) electrons. The monoisotopic (exact) mass is 345 g/mol. The van der Waals surface area contributed by atoms with Gasteiger partial charge >= 0.3 is 12.1 Å². The van der Waals surface area contributed by atoms with Gasteiger partial charge < -0.3 is 15.0 Å². The number of carbonyl (C=O) groups excluding carboxylic acids is 2. The molecule has 24 heavy (non-hydrogen) atoms. The summed E-state index contributed by atoms with van der Waals surface area (Å²) in [7, 11) is 0. The van der Waals surface area contributed by atoms with E-state index >= 15 is 0 Å². The lowest BCUT2D eigenvalue weighted by Gasteiger charge is -2.32. The number of esters is 1. The minimum atomic E-state index is -4.45. The molecule has 1 aliphatic rings. The van der Waals surface area contributed by atoms with Gasteiger partial charge in [-0.15, -0.1) is 0 Å². The van der Waals surface area contributed by atoms with Gasteiger partial charge in [0.05, 0.1) is 25.3 Å². The van der Waals surface area contributed by atoms with Crippen molar-refractivity contribution in [3.8, 4) is 0 Å². The second-order valence-corrected chi connectivity index (χ2v) is 5.59. The van der Waals surface area contributed by atoms with E-state index in [1.54, 1.807) is 6.92 Å². The smallest absolute Gasteiger partial charge is 0.416 e. The fourth-order valence-corrected chi connectivity index (χ4v) is 2.86. The zero-order valence-electron chi connectivity index (χ0n) is 13.3. The molecule has 1 unspecified atom stereocenters. The van der Waals surface area contributed by atoms with Gasteiger partial charge in [-0.05, 0) is 13.0 Å². The van der Waals surface area contributed by atoms with Crippen LogP contribution in [0.2, 0.25) is 0 Å². The third kappa shape index (κ3) is 4.47. The molecule has 5 nitrogen and oxygen atoms in total. The molecule has 0 aliphatic carbocycles. The van der Waals surface area contributed by atoms with Gasteiger partial charge in [0.15, 0.2) is 6.04 Å². The first-order valence-corrected chi connectivity index (χ1v) is 7.76. The molecular formula is C16H20F3N2O3+. The number of carbonyl (C=O) groups is 2. The van der Waals surface area contributed by atoms with Crippen molar-refractivity contribution in [1.82, 2.24) is 5.32 Å².